The van der Waals surface area contributed by atoms with Crippen LogP contribution in [0.3, 0.4) is 0 Å². The van der Waals surface area contributed by atoms with Crippen LogP contribution in [0.2, 0.25) is 0 Å². The lowest BCUT2D eigenvalue weighted by Gasteiger charge is -2.38. The molecule has 2 aliphatic rings. The van der Waals surface area contributed by atoms with Gasteiger partial charge in [0.15, 0.2) is 6.29 Å². The van der Waals surface area contributed by atoms with E-state index in [2.05, 4.69) is 15.5 Å². The predicted octanol–water partition coefficient (Wildman–Crippen LogP) is 4.15. The number of methoxy groups -OCH3 is 1. The normalized spacial score (nSPS) is 22.6. The maximum atomic E-state index is 12.3. The van der Waals surface area contributed by atoms with Crippen LogP contribution in [0.1, 0.15) is 86.5 Å². The lowest BCUT2D eigenvalue weighted by Crippen LogP contribution is -2.42. The van der Waals surface area contributed by atoms with Crippen molar-refractivity contribution in [3.8, 4) is 0 Å². The fourth-order valence-corrected chi connectivity index (χ4v) is 5.74. The van der Waals surface area contributed by atoms with E-state index in [1.165, 1.54) is 13.3 Å². The zero-order valence-corrected chi connectivity index (χ0v) is 25.1. The van der Waals surface area contributed by atoms with Gasteiger partial charge >= 0.3 is 0 Å². The lowest BCUT2D eigenvalue weighted by atomic mass is 9.99. The van der Waals surface area contributed by atoms with Crippen molar-refractivity contribution in [2.24, 2.45) is 0 Å². The summed E-state index contributed by atoms with van der Waals surface area (Å²) in [5, 5.41) is 15.2. The monoisotopic (exact) mass is 581 g/mol. The van der Waals surface area contributed by atoms with Gasteiger partial charge in [-0.05, 0) is 48.9 Å². The number of likely N-dealkylation sites (tertiary alicyclic amines) is 1. The maximum absolute atomic E-state index is 12.3. The number of rotatable bonds is 15. The fourth-order valence-electron chi connectivity index (χ4n) is 5.74. The smallest absolute Gasteiger partial charge is 0.220 e. The maximum Gasteiger partial charge on any atom is 0.220 e. The Balaban J connectivity index is 1.33. The molecule has 0 bridgehead atoms. The van der Waals surface area contributed by atoms with Gasteiger partial charge < -0.3 is 30.0 Å². The third kappa shape index (κ3) is 9.88. The second kappa shape index (κ2) is 16.7. The van der Waals surface area contributed by atoms with Crippen LogP contribution in [-0.4, -0.2) is 67.3 Å². The van der Waals surface area contributed by atoms with E-state index < -0.39 is 6.29 Å². The average molecular weight is 582 g/mol. The van der Waals surface area contributed by atoms with Crippen molar-refractivity contribution in [3.05, 3.63) is 70.8 Å². The molecule has 2 aromatic rings. The molecule has 2 amide bonds. The van der Waals surface area contributed by atoms with Gasteiger partial charge in [0.25, 0.3) is 0 Å². The SMILES string of the molecule is COC[C@@H]1CCCN1C[C@@H]1C[C@H](c2ccc(CO)cc2)O[C@H](c2ccc(CNC(=O)CCCCCNC(C)=O)cc2)O1. The van der Waals surface area contributed by atoms with Crippen molar-refractivity contribution in [1.82, 2.24) is 15.5 Å². The highest BCUT2D eigenvalue weighted by Crippen LogP contribution is 2.38. The summed E-state index contributed by atoms with van der Waals surface area (Å²) in [5.41, 5.74) is 3.92. The van der Waals surface area contributed by atoms with E-state index in [0.717, 1.165) is 74.1 Å². The Morgan fingerprint density at radius 3 is 2.43 bits per heavy atom. The second-order valence-corrected chi connectivity index (χ2v) is 11.4. The Kier molecular flexibility index (Phi) is 12.8. The summed E-state index contributed by atoms with van der Waals surface area (Å²) in [6.07, 6.45) is 5.50. The Morgan fingerprint density at radius 1 is 0.976 bits per heavy atom. The molecular formula is C33H47N3O6. The largest absolute Gasteiger partial charge is 0.392 e. The highest BCUT2D eigenvalue weighted by molar-refractivity contribution is 5.75. The molecule has 0 spiro atoms. The van der Waals surface area contributed by atoms with Crippen LogP contribution in [0.15, 0.2) is 48.5 Å². The first-order chi connectivity index (χ1) is 20.4. The minimum Gasteiger partial charge on any atom is -0.392 e. The molecule has 0 aliphatic carbocycles. The molecule has 0 saturated carbocycles. The van der Waals surface area contributed by atoms with Gasteiger partial charge in [0.05, 0.1) is 25.4 Å². The zero-order valence-electron chi connectivity index (χ0n) is 25.1. The molecule has 4 atom stereocenters. The van der Waals surface area contributed by atoms with Crippen LogP contribution < -0.4 is 10.6 Å². The third-order valence-corrected chi connectivity index (χ3v) is 8.11. The zero-order chi connectivity index (χ0) is 29.7. The van der Waals surface area contributed by atoms with Crippen molar-refractivity contribution in [1.29, 1.82) is 0 Å². The summed E-state index contributed by atoms with van der Waals surface area (Å²) in [7, 11) is 1.76. The molecule has 9 nitrogen and oxygen atoms in total. The van der Waals surface area contributed by atoms with Gasteiger partial charge in [-0.1, -0.05) is 55.0 Å². The summed E-state index contributed by atoms with van der Waals surface area (Å²) in [6.45, 7) is 5.26. The molecule has 230 valence electrons. The molecule has 2 aliphatic heterocycles. The molecular weight excluding hydrogens is 534 g/mol. The summed E-state index contributed by atoms with van der Waals surface area (Å²) >= 11 is 0. The van der Waals surface area contributed by atoms with Crippen molar-refractivity contribution in [2.75, 3.05) is 33.4 Å². The fraction of sp³-hybridized carbons (Fsp3) is 0.576. The number of nitrogens with zero attached hydrogens (tertiary/aromatic N) is 1. The Morgan fingerprint density at radius 2 is 1.71 bits per heavy atom. The molecule has 2 heterocycles. The first-order valence-corrected chi connectivity index (χ1v) is 15.3. The standard InChI is InChI=1S/C33H47N3O6/c1-24(38)34-17-5-3-4-8-32(39)35-20-25-9-15-28(16-10-25)33-41-30(21-36-18-6-7-29(36)23-40-2)19-31(42-33)27-13-11-26(22-37)12-14-27/h9-16,29-31,33,37H,3-8,17-23H2,1-2H3,(H,34,38)(H,35,39)/t29-,30-,31+,33+/m0/s1. The summed E-state index contributed by atoms with van der Waals surface area (Å²) < 4.78 is 18.5. The van der Waals surface area contributed by atoms with Gasteiger partial charge in [0.1, 0.15) is 0 Å². The van der Waals surface area contributed by atoms with Crippen LogP contribution in [0.4, 0.5) is 0 Å². The minimum absolute atomic E-state index is 0.000862. The third-order valence-electron chi connectivity index (χ3n) is 8.11. The minimum atomic E-state index is -0.504. The molecule has 2 aromatic carbocycles. The van der Waals surface area contributed by atoms with Crippen LogP contribution >= 0.6 is 0 Å². The van der Waals surface area contributed by atoms with E-state index in [4.69, 9.17) is 14.2 Å². The van der Waals surface area contributed by atoms with E-state index in [0.29, 0.717) is 25.6 Å². The van der Waals surface area contributed by atoms with Gasteiger partial charge in [-0.3, -0.25) is 14.5 Å². The molecule has 0 unspecified atom stereocenters. The number of hydrogen-bond acceptors (Lipinski definition) is 7. The van der Waals surface area contributed by atoms with E-state index in [1.807, 2.05) is 48.5 Å². The number of unbranched alkanes of at least 4 members (excludes halogenated alkanes) is 2. The van der Waals surface area contributed by atoms with Crippen molar-refractivity contribution in [3.63, 3.8) is 0 Å². The van der Waals surface area contributed by atoms with E-state index >= 15 is 0 Å². The molecule has 3 N–H and O–H groups in total. The first kappa shape index (κ1) is 32.1. The summed E-state index contributed by atoms with van der Waals surface area (Å²) in [4.78, 5) is 25.7. The molecule has 4 rings (SSSR count). The number of aliphatic hydroxyl groups excluding tert-OH is 1. The number of aliphatic hydroxyl groups is 1. The summed E-state index contributed by atoms with van der Waals surface area (Å²) in [6, 6.07) is 16.4. The van der Waals surface area contributed by atoms with Crippen LogP contribution in [0, 0.1) is 0 Å². The van der Waals surface area contributed by atoms with Crippen molar-refractivity contribution in [2.45, 2.75) is 89.6 Å². The topological polar surface area (TPSA) is 109 Å². The number of ether oxygens (including phenoxy) is 3. The number of carbonyl (C=O) groups excluding carboxylic acids is 2. The average Bonchev–Trinajstić information content (AvgIpc) is 3.44. The molecule has 0 aromatic heterocycles. The number of nitrogens with one attached hydrogen (secondary N) is 2. The van der Waals surface area contributed by atoms with Crippen LogP contribution in [0.25, 0.3) is 0 Å². The molecule has 42 heavy (non-hydrogen) atoms. The molecule has 2 fully saturated rings. The van der Waals surface area contributed by atoms with E-state index in [1.54, 1.807) is 7.11 Å². The Hall–Kier alpha value is -2.82. The van der Waals surface area contributed by atoms with Crippen LogP contribution in [-0.2, 0) is 37.0 Å². The number of benzene rings is 2. The van der Waals surface area contributed by atoms with Gasteiger partial charge in [0.2, 0.25) is 11.8 Å². The Bertz CT molecular complexity index is 1110. The molecule has 2 saturated heterocycles. The number of carbonyl (C=O) groups is 2. The van der Waals surface area contributed by atoms with E-state index in [9.17, 15) is 14.7 Å². The van der Waals surface area contributed by atoms with Crippen molar-refractivity contribution >= 4 is 11.8 Å². The van der Waals surface area contributed by atoms with Crippen LogP contribution in [0.5, 0.6) is 0 Å². The molecule has 0 radical (unpaired) electrons. The van der Waals surface area contributed by atoms with E-state index in [-0.39, 0.29) is 30.6 Å². The summed E-state index contributed by atoms with van der Waals surface area (Å²) in [5.74, 6) is 0.0100. The Labute approximate surface area is 249 Å². The predicted molar refractivity (Wildman–Crippen MR) is 160 cm³/mol. The quantitative estimate of drug-likeness (QED) is 0.271. The first-order valence-electron chi connectivity index (χ1n) is 15.3. The van der Waals surface area contributed by atoms with Gasteiger partial charge in [-0.15, -0.1) is 0 Å². The second-order valence-electron chi connectivity index (χ2n) is 11.4. The lowest BCUT2D eigenvalue weighted by molar-refractivity contribution is -0.253. The van der Waals surface area contributed by atoms with Gasteiger partial charge in [-0.2, -0.15) is 0 Å². The van der Waals surface area contributed by atoms with Gasteiger partial charge in [0, 0.05) is 58.1 Å². The number of hydrogen-bond donors (Lipinski definition) is 3. The highest BCUT2D eigenvalue weighted by Gasteiger charge is 2.35. The highest BCUT2D eigenvalue weighted by atomic mass is 16.7. The van der Waals surface area contributed by atoms with Gasteiger partial charge in [-0.25, -0.2) is 0 Å². The van der Waals surface area contributed by atoms with Crippen molar-refractivity contribution < 1.29 is 28.9 Å². The number of amides is 2. The molecule has 9 heteroatoms.